The number of hydrogen-bond donors (Lipinski definition) is 1. The maximum atomic E-state index is 9.99. The fourth-order valence-corrected chi connectivity index (χ4v) is 1.84. The molecule has 2 aromatic rings. The Hall–Kier alpha value is -1.80. The first-order chi connectivity index (χ1) is 8.77. The van der Waals surface area contributed by atoms with Crippen molar-refractivity contribution >= 4 is 0 Å². The number of para-hydroxylation sites is 1. The monoisotopic (exact) mass is 242 g/mol. The van der Waals surface area contributed by atoms with E-state index in [9.17, 15) is 5.11 Å². The van der Waals surface area contributed by atoms with Gasteiger partial charge in [0.2, 0.25) is 0 Å². The van der Waals surface area contributed by atoms with Crippen LogP contribution in [-0.4, -0.2) is 11.7 Å². The SMILES string of the molecule is Cc1ccccc1OCCC(O)c1ccccc1. The lowest BCUT2D eigenvalue weighted by Crippen LogP contribution is -2.05. The van der Waals surface area contributed by atoms with Crippen molar-refractivity contribution in [2.45, 2.75) is 19.4 Å². The minimum absolute atomic E-state index is 0.463. The molecule has 0 aliphatic carbocycles. The highest BCUT2D eigenvalue weighted by molar-refractivity contribution is 5.31. The molecule has 2 nitrogen and oxygen atoms in total. The Morgan fingerprint density at radius 3 is 2.39 bits per heavy atom. The Morgan fingerprint density at radius 2 is 1.67 bits per heavy atom. The third-order valence-electron chi connectivity index (χ3n) is 2.93. The van der Waals surface area contributed by atoms with Crippen LogP contribution >= 0.6 is 0 Å². The van der Waals surface area contributed by atoms with E-state index in [-0.39, 0.29) is 0 Å². The molecule has 0 aliphatic heterocycles. The lowest BCUT2D eigenvalue weighted by atomic mass is 10.1. The third-order valence-corrected chi connectivity index (χ3v) is 2.93. The van der Waals surface area contributed by atoms with E-state index in [2.05, 4.69) is 0 Å². The number of aryl methyl sites for hydroxylation is 1. The zero-order valence-corrected chi connectivity index (χ0v) is 10.5. The van der Waals surface area contributed by atoms with Crippen LogP contribution in [0.25, 0.3) is 0 Å². The summed E-state index contributed by atoms with van der Waals surface area (Å²) in [5.41, 5.74) is 2.05. The Labute approximate surface area is 108 Å². The summed E-state index contributed by atoms with van der Waals surface area (Å²) in [5, 5.41) is 9.99. The fraction of sp³-hybridized carbons (Fsp3) is 0.250. The lowest BCUT2D eigenvalue weighted by Gasteiger charge is -2.13. The summed E-state index contributed by atoms with van der Waals surface area (Å²) in [6, 6.07) is 17.6. The number of aliphatic hydroxyl groups is 1. The number of benzene rings is 2. The van der Waals surface area contributed by atoms with Gasteiger partial charge in [-0.15, -0.1) is 0 Å². The van der Waals surface area contributed by atoms with E-state index < -0.39 is 6.10 Å². The van der Waals surface area contributed by atoms with Gasteiger partial charge in [0.05, 0.1) is 12.7 Å². The maximum Gasteiger partial charge on any atom is 0.122 e. The van der Waals surface area contributed by atoms with E-state index in [1.807, 2.05) is 61.5 Å². The van der Waals surface area contributed by atoms with E-state index in [1.54, 1.807) is 0 Å². The lowest BCUT2D eigenvalue weighted by molar-refractivity contribution is 0.140. The summed E-state index contributed by atoms with van der Waals surface area (Å²) in [5.74, 6) is 0.887. The Balaban J connectivity index is 1.84. The van der Waals surface area contributed by atoms with Gasteiger partial charge in [0.1, 0.15) is 5.75 Å². The fourth-order valence-electron chi connectivity index (χ4n) is 1.84. The van der Waals surface area contributed by atoms with E-state index in [1.165, 1.54) is 0 Å². The van der Waals surface area contributed by atoms with Crippen molar-refractivity contribution in [3.63, 3.8) is 0 Å². The van der Waals surface area contributed by atoms with Crippen LogP contribution in [0.2, 0.25) is 0 Å². The molecule has 1 unspecified atom stereocenters. The van der Waals surface area contributed by atoms with Gasteiger partial charge in [-0.1, -0.05) is 48.5 Å². The molecule has 0 saturated heterocycles. The highest BCUT2D eigenvalue weighted by Gasteiger charge is 2.07. The largest absolute Gasteiger partial charge is 0.493 e. The van der Waals surface area contributed by atoms with E-state index >= 15 is 0 Å². The van der Waals surface area contributed by atoms with Crippen LogP contribution < -0.4 is 4.74 Å². The van der Waals surface area contributed by atoms with Crippen LogP contribution in [0.1, 0.15) is 23.7 Å². The molecule has 0 fully saturated rings. The van der Waals surface area contributed by atoms with Gasteiger partial charge in [-0.3, -0.25) is 0 Å². The summed E-state index contributed by atoms with van der Waals surface area (Å²) in [6.07, 6.45) is 0.133. The van der Waals surface area contributed by atoms with Gasteiger partial charge in [-0.25, -0.2) is 0 Å². The molecule has 0 aliphatic rings. The van der Waals surface area contributed by atoms with Crippen LogP contribution in [-0.2, 0) is 0 Å². The van der Waals surface area contributed by atoms with Gasteiger partial charge in [-0.05, 0) is 24.1 Å². The molecule has 0 bridgehead atoms. The summed E-state index contributed by atoms with van der Waals surface area (Å²) in [6.45, 7) is 2.53. The maximum absolute atomic E-state index is 9.99. The molecule has 0 spiro atoms. The Morgan fingerprint density at radius 1 is 1.00 bits per heavy atom. The Bertz CT molecular complexity index is 479. The van der Waals surface area contributed by atoms with Gasteiger partial charge in [0, 0.05) is 6.42 Å². The molecule has 0 radical (unpaired) electrons. The average Bonchev–Trinajstić information content (AvgIpc) is 2.42. The summed E-state index contributed by atoms with van der Waals surface area (Å²) in [4.78, 5) is 0. The predicted octanol–water partition coefficient (Wildman–Crippen LogP) is 3.50. The molecule has 0 aromatic heterocycles. The second-order valence-corrected chi connectivity index (χ2v) is 4.33. The molecule has 2 aromatic carbocycles. The van der Waals surface area contributed by atoms with Crippen LogP contribution in [0, 0.1) is 6.92 Å². The first-order valence-electron chi connectivity index (χ1n) is 6.19. The van der Waals surface area contributed by atoms with Gasteiger partial charge >= 0.3 is 0 Å². The quantitative estimate of drug-likeness (QED) is 0.869. The molecule has 1 N–H and O–H groups in total. The van der Waals surface area contributed by atoms with Crippen LogP contribution in [0.5, 0.6) is 5.75 Å². The first-order valence-corrected chi connectivity index (χ1v) is 6.19. The van der Waals surface area contributed by atoms with E-state index in [0.29, 0.717) is 13.0 Å². The van der Waals surface area contributed by atoms with Gasteiger partial charge in [0.15, 0.2) is 0 Å². The molecule has 0 amide bonds. The highest BCUT2D eigenvalue weighted by Crippen LogP contribution is 2.19. The summed E-state index contributed by atoms with van der Waals surface area (Å²) >= 11 is 0. The van der Waals surface area contributed by atoms with E-state index in [4.69, 9.17) is 4.74 Å². The van der Waals surface area contributed by atoms with Crippen LogP contribution in [0.3, 0.4) is 0 Å². The zero-order valence-electron chi connectivity index (χ0n) is 10.5. The molecule has 2 heteroatoms. The van der Waals surface area contributed by atoms with E-state index in [0.717, 1.165) is 16.9 Å². The van der Waals surface area contributed by atoms with Crippen LogP contribution in [0.4, 0.5) is 0 Å². The topological polar surface area (TPSA) is 29.5 Å². The molecule has 0 saturated carbocycles. The molecule has 2 rings (SSSR count). The van der Waals surface area contributed by atoms with Crippen molar-refractivity contribution in [2.75, 3.05) is 6.61 Å². The van der Waals surface area contributed by atoms with Crippen LogP contribution in [0.15, 0.2) is 54.6 Å². The number of aliphatic hydroxyl groups excluding tert-OH is 1. The molecular weight excluding hydrogens is 224 g/mol. The molecule has 1 atom stereocenters. The average molecular weight is 242 g/mol. The third kappa shape index (κ3) is 3.34. The normalized spacial score (nSPS) is 12.1. The number of ether oxygens (including phenoxy) is 1. The minimum atomic E-state index is -0.463. The summed E-state index contributed by atoms with van der Waals surface area (Å²) < 4.78 is 5.67. The second kappa shape index (κ2) is 6.22. The number of rotatable bonds is 5. The summed E-state index contributed by atoms with van der Waals surface area (Å²) in [7, 11) is 0. The van der Waals surface area contributed by atoms with Crippen molar-refractivity contribution in [2.24, 2.45) is 0 Å². The van der Waals surface area contributed by atoms with Crippen molar-refractivity contribution in [3.05, 3.63) is 65.7 Å². The minimum Gasteiger partial charge on any atom is -0.493 e. The van der Waals surface area contributed by atoms with Gasteiger partial charge in [0.25, 0.3) is 0 Å². The van der Waals surface area contributed by atoms with Crippen molar-refractivity contribution in [1.82, 2.24) is 0 Å². The smallest absolute Gasteiger partial charge is 0.122 e. The number of hydrogen-bond acceptors (Lipinski definition) is 2. The standard InChI is InChI=1S/C16H18O2/c1-13-7-5-6-10-16(13)18-12-11-15(17)14-8-3-2-4-9-14/h2-10,15,17H,11-12H2,1H3. The molecule has 18 heavy (non-hydrogen) atoms. The predicted molar refractivity (Wildman–Crippen MR) is 72.7 cm³/mol. The zero-order chi connectivity index (χ0) is 12.8. The molecular formula is C16H18O2. The first kappa shape index (κ1) is 12.7. The van der Waals surface area contributed by atoms with Crippen molar-refractivity contribution in [1.29, 1.82) is 0 Å². The Kier molecular flexibility index (Phi) is 4.37. The second-order valence-electron chi connectivity index (χ2n) is 4.33. The molecule has 0 heterocycles. The molecule has 94 valence electrons. The van der Waals surface area contributed by atoms with Crippen molar-refractivity contribution < 1.29 is 9.84 Å². The van der Waals surface area contributed by atoms with Gasteiger partial charge in [-0.2, -0.15) is 0 Å². The highest BCUT2D eigenvalue weighted by atomic mass is 16.5. The van der Waals surface area contributed by atoms with Gasteiger partial charge < -0.3 is 9.84 Å². The van der Waals surface area contributed by atoms with Crippen molar-refractivity contribution in [3.8, 4) is 5.75 Å².